The number of halogens is 1. The van der Waals surface area contributed by atoms with E-state index >= 15 is 0 Å². The van der Waals surface area contributed by atoms with Crippen LogP contribution in [0.25, 0.3) is 0 Å². The minimum absolute atomic E-state index is 0.121. The van der Waals surface area contributed by atoms with Crippen molar-refractivity contribution in [2.45, 2.75) is 18.9 Å². The monoisotopic (exact) mass is 214 g/mol. The summed E-state index contributed by atoms with van der Waals surface area (Å²) in [4.78, 5) is 0. The van der Waals surface area contributed by atoms with Crippen LogP contribution in [0, 0.1) is 0 Å². The average Bonchev–Trinajstić information content (AvgIpc) is 2.32. The van der Waals surface area contributed by atoms with Gasteiger partial charge in [0.2, 0.25) is 6.27 Å². The molecular formula is C5H12ClO3PSi. The van der Waals surface area contributed by atoms with Crippen LogP contribution < -0.4 is 0 Å². The Morgan fingerprint density at radius 2 is 2.55 bits per heavy atom. The molecule has 1 fully saturated rings. The van der Waals surface area contributed by atoms with Gasteiger partial charge in [-0.3, -0.25) is 4.57 Å². The number of hydrogen-bond donors (Lipinski definition) is 0. The second-order valence-electron chi connectivity index (χ2n) is 2.68. The molecule has 1 aliphatic rings. The topological polar surface area (TPSA) is 35.5 Å². The lowest BCUT2D eigenvalue weighted by Crippen LogP contribution is -2.12. The van der Waals surface area contributed by atoms with E-state index in [1.807, 2.05) is 0 Å². The standard InChI is InChI=1S/C5H12ClO3PSi/c6-10(7,11)9-4-5-2-1-3-8-5/h5H,1-4H2,11H3/t5-,10?/m0/s1. The molecule has 0 N–H and O–H groups in total. The summed E-state index contributed by atoms with van der Waals surface area (Å²) in [5.74, 6) is 0. The summed E-state index contributed by atoms with van der Waals surface area (Å²) in [6, 6.07) is 0. The quantitative estimate of drug-likeness (QED) is 0.517. The van der Waals surface area contributed by atoms with Crippen LogP contribution in [0.1, 0.15) is 12.8 Å². The molecule has 0 bridgehead atoms. The van der Waals surface area contributed by atoms with Crippen LogP contribution in [0.2, 0.25) is 0 Å². The fraction of sp³-hybridized carbons (Fsp3) is 1.00. The minimum atomic E-state index is -2.69. The largest absolute Gasteiger partial charge is 0.376 e. The van der Waals surface area contributed by atoms with Crippen LogP contribution in [0.5, 0.6) is 0 Å². The predicted octanol–water partition coefficient (Wildman–Crippen LogP) is 0.894. The Hall–Kier alpha value is 0.657. The molecule has 0 radical (unpaired) electrons. The third-order valence-corrected chi connectivity index (χ3v) is 3.19. The Morgan fingerprint density at radius 3 is 3.00 bits per heavy atom. The highest BCUT2D eigenvalue weighted by molar-refractivity contribution is 8.03. The highest BCUT2D eigenvalue weighted by atomic mass is 35.7. The zero-order valence-corrected chi connectivity index (χ0v) is 10.1. The van der Waals surface area contributed by atoms with Gasteiger partial charge in [-0.25, -0.2) is 0 Å². The molecule has 66 valence electrons. The first kappa shape index (κ1) is 9.74. The van der Waals surface area contributed by atoms with Gasteiger partial charge in [0.1, 0.15) is 9.91 Å². The smallest absolute Gasteiger partial charge is 0.250 e. The lowest BCUT2D eigenvalue weighted by Gasteiger charge is -2.11. The number of rotatable bonds is 3. The van der Waals surface area contributed by atoms with Crippen LogP contribution in [-0.4, -0.2) is 29.2 Å². The van der Waals surface area contributed by atoms with E-state index in [-0.39, 0.29) is 6.10 Å². The molecule has 0 aliphatic carbocycles. The van der Waals surface area contributed by atoms with Crippen molar-refractivity contribution in [3.05, 3.63) is 0 Å². The van der Waals surface area contributed by atoms with Gasteiger partial charge in [-0.15, -0.1) is 0 Å². The molecule has 1 rings (SSSR count). The first-order chi connectivity index (χ1) is 5.08. The maximum atomic E-state index is 10.9. The van der Waals surface area contributed by atoms with E-state index in [0.717, 1.165) is 19.4 Å². The van der Waals surface area contributed by atoms with Crippen LogP contribution in [-0.2, 0) is 13.8 Å². The third-order valence-electron chi connectivity index (χ3n) is 1.52. The maximum Gasteiger partial charge on any atom is 0.250 e. The Balaban J connectivity index is 2.16. The lowest BCUT2D eigenvalue weighted by atomic mass is 10.2. The van der Waals surface area contributed by atoms with Crippen molar-refractivity contribution in [2.75, 3.05) is 13.2 Å². The van der Waals surface area contributed by atoms with Crippen molar-refractivity contribution in [1.82, 2.24) is 0 Å². The van der Waals surface area contributed by atoms with Crippen LogP contribution in [0.3, 0.4) is 0 Å². The average molecular weight is 215 g/mol. The second-order valence-corrected chi connectivity index (χ2v) is 11.5. The predicted molar refractivity (Wildman–Crippen MR) is 48.3 cm³/mol. The molecular weight excluding hydrogens is 203 g/mol. The highest BCUT2D eigenvalue weighted by Crippen LogP contribution is 2.47. The molecule has 0 aromatic heterocycles. The van der Waals surface area contributed by atoms with E-state index in [0.29, 0.717) is 16.5 Å². The Bertz CT molecular complexity index is 165. The Morgan fingerprint density at radius 1 is 1.82 bits per heavy atom. The van der Waals surface area contributed by atoms with Crippen LogP contribution in [0.4, 0.5) is 0 Å². The van der Waals surface area contributed by atoms with E-state index < -0.39 is 6.27 Å². The molecule has 0 spiro atoms. The van der Waals surface area contributed by atoms with Crippen LogP contribution >= 0.6 is 17.5 Å². The SMILES string of the molecule is O=P([SiH3])(Cl)OC[C@@H]1CCCO1. The van der Waals surface area contributed by atoms with Gasteiger partial charge in [-0.2, -0.15) is 0 Å². The maximum absolute atomic E-state index is 10.9. The summed E-state index contributed by atoms with van der Waals surface area (Å²) in [5.41, 5.74) is 0. The van der Waals surface area contributed by atoms with Crippen molar-refractivity contribution in [1.29, 1.82) is 0 Å². The van der Waals surface area contributed by atoms with Crippen molar-refractivity contribution in [3.8, 4) is 0 Å². The van der Waals surface area contributed by atoms with Gasteiger partial charge in [0.15, 0.2) is 0 Å². The first-order valence-electron chi connectivity index (χ1n) is 3.61. The van der Waals surface area contributed by atoms with Gasteiger partial charge in [0.05, 0.1) is 12.7 Å². The van der Waals surface area contributed by atoms with Gasteiger partial charge in [0.25, 0.3) is 0 Å². The summed E-state index contributed by atoms with van der Waals surface area (Å²) < 4.78 is 21.2. The molecule has 0 amide bonds. The fourth-order valence-corrected chi connectivity index (χ4v) is 2.04. The van der Waals surface area contributed by atoms with Gasteiger partial charge >= 0.3 is 0 Å². The van der Waals surface area contributed by atoms with Crippen molar-refractivity contribution < 1.29 is 13.8 Å². The van der Waals surface area contributed by atoms with E-state index in [9.17, 15) is 4.57 Å². The molecule has 2 atom stereocenters. The van der Waals surface area contributed by atoms with E-state index in [4.69, 9.17) is 20.5 Å². The van der Waals surface area contributed by atoms with Gasteiger partial charge in [-0.1, -0.05) is 0 Å². The summed E-state index contributed by atoms with van der Waals surface area (Å²) in [7, 11) is 0.402. The Labute approximate surface area is 73.9 Å². The molecule has 1 heterocycles. The minimum Gasteiger partial charge on any atom is -0.376 e. The number of hydrogen-bond acceptors (Lipinski definition) is 3. The van der Waals surface area contributed by atoms with Crippen molar-refractivity contribution >= 4 is 27.4 Å². The van der Waals surface area contributed by atoms with Gasteiger partial charge in [0, 0.05) is 6.61 Å². The molecule has 1 unspecified atom stereocenters. The van der Waals surface area contributed by atoms with Crippen molar-refractivity contribution in [2.24, 2.45) is 0 Å². The molecule has 6 heteroatoms. The van der Waals surface area contributed by atoms with E-state index in [1.54, 1.807) is 0 Å². The zero-order chi connectivity index (χ0) is 8.32. The molecule has 0 saturated carbocycles. The second kappa shape index (κ2) is 4.05. The van der Waals surface area contributed by atoms with Gasteiger partial charge < -0.3 is 9.26 Å². The summed E-state index contributed by atoms with van der Waals surface area (Å²) >= 11 is 5.45. The lowest BCUT2D eigenvalue weighted by molar-refractivity contribution is 0.0711. The molecule has 1 saturated heterocycles. The molecule has 0 aromatic rings. The summed E-state index contributed by atoms with van der Waals surface area (Å²) in [6.45, 7) is 1.19. The van der Waals surface area contributed by atoms with Gasteiger partial charge in [-0.05, 0) is 24.1 Å². The molecule has 11 heavy (non-hydrogen) atoms. The summed E-state index contributed by atoms with van der Waals surface area (Å²) in [5, 5.41) is 0. The van der Waals surface area contributed by atoms with E-state index in [1.165, 1.54) is 0 Å². The summed E-state index contributed by atoms with van der Waals surface area (Å²) in [6.07, 6.45) is -0.496. The first-order valence-corrected chi connectivity index (χ1v) is 9.27. The molecule has 1 aliphatic heterocycles. The van der Waals surface area contributed by atoms with Crippen LogP contribution in [0.15, 0.2) is 0 Å². The molecule has 3 nitrogen and oxygen atoms in total. The zero-order valence-electron chi connectivity index (χ0n) is 6.46. The van der Waals surface area contributed by atoms with E-state index in [2.05, 4.69) is 0 Å². The molecule has 0 aromatic carbocycles. The third kappa shape index (κ3) is 4.28. The highest BCUT2D eigenvalue weighted by Gasteiger charge is 2.19. The normalized spacial score (nSPS) is 30.5. The van der Waals surface area contributed by atoms with Crippen molar-refractivity contribution in [3.63, 3.8) is 0 Å². The fourth-order valence-electron chi connectivity index (χ4n) is 0.992. The number of ether oxygens (including phenoxy) is 1. The Kier molecular flexibility index (Phi) is 3.59.